The molecule has 0 unspecified atom stereocenters. The Balaban J connectivity index is 1.80. The van der Waals surface area contributed by atoms with Gasteiger partial charge in [0.05, 0.1) is 30.5 Å². The third-order valence-electron chi connectivity index (χ3n) is 5.87. The van der Waals surface area contributed by atoms with Crippen molar-refractivity contribution in [1.29, 1.82) is 0 Å². The minimum Gasteiger partial charge on any atom is -0.497 e. The Kier molecular flexibility index (Phi) is 8.11. The largest absolute Gasteiger partial charge is 0.497 e. The second-order valence-corrected chi connectivity index (χ2v) is 10.0. The molecule has 1 aliphatic rings. The Bertz CT molecular complexity index is 1160. The molecule has 3 rings (SSSR count). The zero-order chi connectivity index (χ0) is 25.8. The number of methoxy groups -OCH3 is 2. The molecule has 10 nitrogen and oxygen atoms in total. The lowest BCUT2D eigenvalue weighted by Crippen LogP contribution is -2.51. The predicted octanol–water partition coefficient (Wildman–Crippen LogP) is 2.13. The average Bonchev–Trinajstić information content (AvgIpc) is 2.87. The van der Waals surface area contributed by atoms with Gasteiger partial charge in [0, 0.05) is 40.2 Å². The Hall–Kier alpha value is -3.47. The molecule has 0 saturated carbocycles. The molecule has 0 N–H and O–H groups in total. The molecule has 2 aromatic rings. The predicted molar refractivity (Wildman–Crippen MR) is 132 cm³/mol. The molecule has 2 aromatic carbocycles. The third kappa shape index (κ3) is 5.79. The van der Waals surface area contributed by atoms with Crippen LogP contribution in [0.4, 0.5) is 11.4 Å². The van der Waals surface area contributed by atoms with Crippen LogP contribution in [0.2, 0.25) is 0 Å². The van der Waals surface area contributed by atoms with Gasteiger partial charge < -0.3 is 24.0 Å². The summed E-state index contributed by atoms with van der Waals surface area (Å²) in [6.45, 7) is 4.54. The van der Waals surface area contributed by atoms with Crippen molar-refractivity contribution in [2.75, 3.05) is 56.7 Å². The van der Waals surface area contributed by atoms with Crippen molar-refractivity contribution in [3.63, 3.8) is 0 Å². The van der Waals surface area contributed by atoms with Gasteiger partial charge in [-0.2, -0.15) is 0 Å². The highest BCUT2D eigenvalue weighted by molar-refractivity contribution is 7.92. The van der Waals surface area contributed by atoms with Crippen molar-refractivity contribution in [2.24, 2.45) is 0 Å². The van der Waals surface area contributed by atoms with Crippen molar-refractivity contribution in [3.8, 4) is 11.5 Å². The topological polar surface area (TPSA) is 106 Å². The van der Waals surface area contributed by atoms with Crippen molar-refractivity contribution >= 4 is 33.3 Å². The number of rotatable bonds is 8. The molecule has 1 fully saturated rings. The number of anilines is 2. The second kappa shape index (κ2) is 10.9. The van der Waals surface area contributed by atoms with E-state index >= 15 is 0 Å². The average molecular weight is 506 g/mol. The summed E-state index contributed by atoms with van der Waals surface area (Å²) in [7, 11) is 0.719. The lowest BCUT2D eigenvalue weighted by Gasteiger charge is -2.37. The highest BCUT2D eigenvalue weighted by atomic mass is 32.2. The maximum absolute atomic E-state index is 13.4. The van der Waals surface area contributed by atoms with Gasteiger partial charge in [-0.15, -0.1) is 0 Å². The molecule has 1 amide bonds. The Morgan fingerprint density at radius 1 is 0.971 bits per heavy atom. The summed E-state index contributed by atoms with van der Waals surface area (Å²) in [5, 5.41) is 0. The fourth-order valence-corrected chi connectivity index (χ4v) is 5.11. The standard InChI is InChI=1S/C24H31N3O7S/c1-17(34-18(2)28)24(29)27-14-12-26(13-15-27)22-16-21(10-11-23(22)33-5)35(30,31)25(3)19-6-8-20(32-4)9-7-19/h6-11,16-17H,12-15H2,1-5H3/t17-/m0/s1. The minimum atomic E-state index is -3.85. The first-order chi connectivity index (χ1) is 16.6. The van der Waals surface area contributed by atoms with Gasteiger partial charge in [-0.1, -0.05) is 0 Å². The van der Waals surface area contributed by atoms with Gasteiger partial charge in [-0.3, -0.25) is 13.9 Å². The molecule has 1 aliphatic heterocycles. The van der Waals surface area contributed by atoms with E-state index in [-0.39, 0.29) is 10.8 Å². The van der Waals surface area contributed by atoms with Crippen molar-refractivity contribution < 1.29 is 32.2 Å². The number of ether oxygens (including phenoxy) is 3. The summed E-state index contributed by atoms with van der Waals surface area (Å²) >= 11 is 0. The maximum atomic E-state index is 13.4. The van der Waals surface area contributed by atoms with Gasteiger partial charge in [0.2, 0.25) is 0 Å². The van der Waals surface area contributed by atoms with E-state index in [1.54, 1.807) is 55.3 Å². The second-order valence-electron chi connectivity index (χ2n) is 8.07. The molecule has 1 heterocycles. The highest BCUT2D eigenvalue weighted by Gasteiger charge is 2.29. The lowest BCUT2D eigenvalue weighted by atomic mass is 10.2. The van der Waals surface area contributed by atoms with Gasteiger partial charge in [-0.05, 0) is 49.4 Å². The summed E-state index contributed by atoms with van der Waals surface area (Å²) in [6, 6.07) is 11.5. The van der Waals surface area contributed by atoms with Crippen LogP contribution in [0, 0.1) is 0 Å². The van der Waals surface area contributed by atoms with E-state index in [9.17, 15) is 18.0 Å². The normalized spacial score (nSPS) is 14.8. The molecule has 35 heavy (non-hydrogen) atoms. The fraction of sp³-hybridized carbons (Fsp3) is 0.417. The van der Waals surface area contributed by atoms with Gasteiger partial charge in [0.1, 0.15) is 11.5 Å². The molecule has 11 heteroatoms. The van der Waals surface area contributed by atoms with Crippen molar-refractivity contribution in [3.05, 3.63) is 42.5 Å². The van der Waals surface area contributed by atoms with Gasteiger partial charge in [0.25, 0.3) is 15.9 Å². The zero-order valence-electron chi connectivity index (χ0n) is 20.6. The number of hydrogen-bond donors (Lipinski definition) is 0. The van der Waals surface area contributed by atoms with Crippen LogP contribution in [0.1, 0.15) is 13.8 Å². The van der Waals surface area contributed by atoms with Gasteiger partial charge >= 0.3 is 5.97 Å². The van der Waals surface area contributed by atoms with Crippen LogP contribution in [0.5, 0.6) is 11.5 Å². The van der Waals surface area contributed by atoms with Crippen molar-refractivity contribution in [1.82, 2.24) is 4.90 Å². The molecule has 0 aromatic heterocycles. The first-order valence-electron chi connectivity index (χ1n) is 11.1. The van der Waals surface area contributed by atoms with Crippen LogP contribution in [0.3, 0.4) is 0 Å². The van der Waals surface area contributed by atoms with Crippen molar-refractivity contribution in [2.45, 2.75) is 24.8 Å². The van der Waals surface area contributed by atoms with Gasteiger partial charge in [-0.25, -0.2) is 8.42 Å². The quantitative estimate of drug-likeness (QED) is 0.503. The summed E-state index contributed by atoms with van der Waals surface area (Å²) in [5.74, 6) is 0.395. The van der Waals surface area contributed by atoms with Crippen LogP contribution < -0.4 is 18.7 Å². The number of piperazine rings is 1. The van der Waals surface area contributed by atoms with E-state index in [0.29, 0.717) is 49.1 Å². The summed E-state index contributed by atoms with van der Waals surface area (Å²) in [4.78, 5) is 27.4. The molecular formula is C24H31N3O7S. The third-order valence-corrected chi connectivity index (χ3v) is 7.65. The summed E-state index contributed by atoms with van der Waals surface area (Å²) < 4.78 is 43.6. The summed E-state index contributed by atoms with van der Waals surface area (Å²) in [6.07, 6.45) is -0.851. The summed E-state index contributed by atoms with van der Waals surface area (Å²) in [5.41, 5.74) is 1.12. The van der Waals surface area contributed by atoms with E-state index in [4.69, 9.17) is 14.2 Å². The molecule has 190 valence electrons. The monoisotopic (exact) mass is 505 g/mol. The van der Waals surface area contributed by atoms with Gasteiger partial charge in [0.15, 0.2) is 6.10 Å². The fourth-order valence-electron chi connectivity index (χ4n) is 3.89. The van der Waals surface area contributed by atoms with E-state index < -0.39 is 22.1 Å². The van der Waals surface area contributed by atoms with Crippen LogP contribution >= 0.6 is 0 Å². The maximum Gasteiger partial charge on any atom is 0.303 e. The number of esters is 1. The molecule has 0 bridgehead atoms. The number of amides is 1. The van der Waals surface area contributed by atoms with Crippen LogP contribution in [-0.4, -0.2) is 78.7 Å². The van der Waals surface area contributed by atoms with Crippen LogP contribution in [-0.2, 0) is 24.3 Å². The molecule has 0 radical (unpaired) electrons. The SMILES string of the molecule is COc1ccc(N(C)S(=O)(=O)c2ccc(OC)c(N3CCN(C(=O)[C@H](C)OC(C)=O)CC3)c2)cc1. The van der Waals surface area contributed by atoms with Crippen LogP contribution in [0.25, 0.3) is 0 Å². The number of nitrogens with zero attached hydrogens (tertiary/aromatic N) is 3. The number of benzene rings is 2. The van der Waals surface area contributed by atoms with E-state index in [1.165, 1.54) is 31.5 Å². The Morgan fingerprint density at radius 3 is 2.14 bits per heavy atom. The zero-order valence-corrected chi connectivity index (χ0v) is 21.4. The number of carbonyl (C=O) groups excluding carboxylic acids is 2. The number of hydrogen-bond acceptors (Lipinski definition) is 8. The Morgan fingerprint density at radius 2 is 1.60 bits per heavy atom. The van der Waals surface area contributed by atoms with E-state index in [1.807, 2.05) is 4.90 Å². The van der Waals surface area contributed by atoms with E-state index in [2.05, 4.69) is 0 Å². The Labute approximate surface area is 206 Å². The first kappa shape index (κ1) is 26.1. The molecule has 0 spiro atoms. The smallest absolute Gasteiger partial charge is 0.303 e. The van der Waals surface area contributed by atoms with E-state index in [0.717, 1.165) is 0 Å². The number of carbonyl (C=O) groups is 2. The van der Waals surface area contributed by atoms with Crippen LogP contribution in [0.15, 0.2) is 47.4 Å². The number of sulfonamides is 1. The molecular weight excluding hydrogens is 474 g/mol. The lowest BCUT2D eigenvalue weighted by molar-refractivity contribution is -0.157. The first-order valence-corrected chi connectivity index (χ1v) is 12.5. The highest BCUT2D eigenvalue weighted by Crippen LogP contribution is 2.33. The minimum absolute atomic E-state index is 0.119. The molecule has 1 atom stereocenters. The molecule has 1 saturated heterocycles. The molecule has 0 aliphatic carbocycles.